The Bertz CT molecular complexity index is 865. The summed E-state index contributed by atoms with van der Waals surface area (Å²) in [5.41, 5.74) is 5.00. The standard InChI is InChI=1S/C24H32N2O3/c1-6-23(27)25-17(3)24-20-14-22(29-5)21(28-4)13-19(20)10-11-26(24)15-18-9-7-8-16(2)12-18/h7-9,12-14,17,24H,6,10-11,15H2,1-5H3,(H,25,27)/t17-,24+/m0/s1. The van der Waals surface area contributed by atoms with E-state index in [1.54, 1.807) is 14.2 Å². The van der Waals surface area contributed by atoms with Crippen molar-refractivity contribution in [1.29, 1.82) is 0 Å². The highest BCUT2D eigenvalue weighted by atomic mass is 16.5. The van der Waals surface area contributed by atoms with E-state index in [0.29, 0.717) is 6.42 Å². The summed E-state index contributed by atoms with van der Waals surface area (Å²) < 4.78 is 11.1. The molecule has 1 aliphatic heterocycles. The zero-order valence-electron chi connectivity index (χ0n) is 18.1. The van der Waals surface area contributed by atoms with Gasteiger partial charge in [0, 0.05) is 25.6 Å². The van der Waals surface area contributed by atoms with Gasteiger partial charge in [-0.25, -0.2) is 0 Å². The van der Waals surface area contributed by atoms with Gasteiger partial charge in [-0.3, -0.25) is 9.69 Å². The first-order valence-corrected chi connectivity index (χ1v) is 10.3. The van der Waals surface area contributed by atoms with Crippen LogP contribution in [0.5, 0.6) is 11.5 Å². The molecule has 3 rings (SSSR count). The molecule has 0 saturated heterocycles. The van der Waals surface area contributed by atoms with Gasteiger partial charge in [-0.15, -0.1) is 0 Å². The molecule has 0 saturated carbocycles. The van der Waals surface area contributed by atoms with Crippen LogP contribution in [0, 0.1) is 6.92 Å². The molecule has 1 heterocycles. The number of benzene rings is 2. The number of rotatable bonds is 7. The van der Waals surface area contributed by atoms with Crippen LogP contribution in [0.4, 0.5) is 0 Å². The molecule has 2 aromatic rings. The highest BCUT2D eigenvalue weighted by Crippen LogP contribution is 2.40. The third-order valence-corrected chi connectivity index (χ3v) is 5.68. The summed E-state index contributed by atoms with van der Waals surface area (Å²) in [6, 6.07) is 12.8. The van der Waals surface area contributed by atoms with Crippen molar-refractivity contribution in [3.05, 3.63) is 58.7 Å². The average molecular weight is 397 g/mol. The van der Waals surface area contributed by atoms with E-state index >= 15 is 0 Å². The Hall–Kier alpha value is -2.53. The molecule has 5 heteroatoms. The Morgan fingerprint density at radius 1 is 1.21 bits per heavy atom. The van der Waals surface area contributed by atoms with Crippen LogP contribution in [0.1, 0.15) is 48.6 Å². The van der Waals surface area contributed by atoms with Gasteiger partial charge in [-0.05, 0) is 49.1 Å². The smallest absolute Gasteiger partial charge is 0.219 e. The lowest BCUT2D eigenvalue weighted by atomic mass is 9.87. The maximum atomic E-state index is 12.1. The summed E-state index contributed by atoms with van der Waals surface area (Å²) in [6.07, 6.45) is 1.42. The van der Waals surface area contributed by atoms with E-state index in [1.165, 1.54) is 22.3 Å². The second-order valence-electron chi connectivity index (χ2n) is 7.77. The van der Waals surface area contributed by atoms with E-state index in [1.807, 2.05) is 6.92 Å². The number of fused-ring (bicyclic) bond motifs is 1. The van der Waals surface area contributed by atoms with Crippen LogP contribution in [0.3, 0.4) is 0 Å². The molecule has 0 aliphatic carbocycles. The van der Waals surface area contributed by atoms with E-state index in [9.17, 15) is 4.79 Å². The number of amides is 1. The van der Waals surface area contributed by atoms with Gasteiger partial charge in [0.25, 0.3) is 0 Å². The van der Waals surface area contributed by atoms with Gasteiger partial charge in [0.05, 0.1) is 20.3 Å². The van der Waals surface area contributed by atoms with Crippen molar-refractivity contribution < 1.29 is 14.3 Å². The van der Waals surface area contributed by atoms with Crippen molar-refractivity contribution in [2.24, 2.45) is 0 Å². The fourth-order valence-electron chi connectivity index (χ4n) is 4.27. The summed E-state index contributed by atoms with van der Waals surface area (Å²) in [5, 5.41) is 3.18. The summed E-state index contributed by atoms with van der Waals surface area (Å²) in [7, 11) is 3.33. The van der Waals surface area contributed by atoms with Gasteiger partial charge in [0.1, 0.15) is 0 Å². The molecular weight excluding hydrogens is 364 g/mol. The minimum atomic E-state index is -0.0237. The van der Waals surface area contributed by atoms with Gasteiger partial charge in [0.2, 0.25) is 5.91 Å². The molecule has 0 radical (unpaired) electrons. The molecular formula is C24H32N2O3. The first-order chi connectivity index (χ1) is 14.0. The van der Waals surface area contributed by atoms with Crippen molar-refractivity contribution in [2.45, 2.75) is 52.2 Å². The number of aryl methyl sites for hydroxylation is 1. The lowest BCUT2D eigenvalue weighted by Crippen LogP contribution is -2.47. The highest BCUT2D eigenvalue weighted by Gasteiger charge is 2.33. The molecule has 0 aromatic heterocycles. The fourth-order valence-corrected chi connectivity index (χ4v) is 4.27. The molecule has 156 valence electrons. The maximum Gasteiger partial charge on any atom is 0.219 e. The molecule has 5 nitrogen and oxygen atoms in total. The molecule has 0 bridgehead atoms. The third kappa shape index (κ3) is 4.73. The molecule has 0 unspecified atom stereocenters. The number of ether oxygens (including phenoxy) is 2. The monoisotopic (exact) mass is 396 g/mol. The molecule has 2 atom stereocenters. The molecule has 1 aliphatic rings. The van der Waals surface area contributed by atoms with Gasteiger partial charge >= 0.3 is 0 Å². The predicted molar refractivity (Wildman–Crippen MR) is 115 cm³/mol. The Kier molecular flexibility index (Phi) is 6.80. The van der Waals surface area contributed by atoms with Crippen LogP contribution >= 0.6 is 0 Å². The van der Waals surface area contributed by atoms with Gasteiger partial charge < -0.3 is 14.8 Å². The normalized spacial score (nSPS) is 17.3. The number of nitrogens with zero attached hydrogens (tertiary/aromatic N) is 1. The largest absolute Gasteiger partial charge is 0.493 e. The third-order valence-electron chi connectivity index (χ3n) is 5.68. The SMILES string of the molecule is CCC(=O)N[C@@H](C)[C@@H]1c2cc(OC)c(OC)cc2CCN1Cc1cccc(C)c1. The van der Waals surface area contributed by atoms with Crippen LogP contribution in [-0.4, -0.2) is 37.6 Å². The Morgan fingerprint density at radius 3 is 2.59 bits per heavy atom. The molecule has 1 N–H and O–H groups in total. The molecule has 2 aromatic carbocycles. The second-order valence-corrected chi connectivity index (χ2v) is 7.77. The highest BCUT2D eigenvalue weighted by molar-refractivity contribution is 5.76. The maximum absolute atomic E-state index is 12.1. The molecule has 0 fully saturated rings. The Morgan fingerprint density at radius 2 is 1.93 bits per heavy atom. The summed E-state index contributed by atoms with van der Waals surface area (Å²) in [5.74, 6) is 1.55. The minimum absolute atomic E-state index is 0.0237. The number of hydrogen-bond donors (Lipinski definition) is 1. The van der Waals surface area contributed by atoms with Gasteiger partial charge in [-0.1, -0.05) is 36.8 Å². The Labute approximate surface area is 174 Å². The van der Waals surface area contributed by atoms with Crippen LogP contribution in [0.2, 0.25) is 0 Å². The van der Waals surface area contributed by atoms with Crippen molar-refractivity contribution in [2.75, 3.05) is 20.8 Å². The van der Waals surface area contributed by atoms with Crippen LogP contribution in [0.25, 0.3) is 0 Å². The molecule has 0 spiro atoms. The molecule has 29 heavy (non-hydrogen) atoms. The van der Waals surface area contributed by atoms with Crippen LogP contribution < -0.4 is 14.8 Å². The zero-order valence-corrected chi connectivity index (χ0v) is 18.1. The summed E-state index contributed by atoms with van der Waals surface area (Å²) in [6.45, 7) is 7.86. The van der Waals surface area contributed by atoms with Crippen molar-refractivity contribution in [3.63, 3.8) is 0 Å². The van der Waals surface area contributed by atoms with Gasteiger partial charge in [0.15, 0.2) is 11.5 Å². The van der Waals surface area contributed by atoms with E-state index in [2.05, 4.69) is 60.5 Å². The van der Waals surface area contributed by atoms with Crippen LogP contribution in [0.15, 0.2) is 36.4 Å². The van der Waals surface area contributed by atoms with E-state index in [-0.39, 0.29) is 18.0 Å². The predicted octanol–water partition coefficient (Wildman–Crippen LogP) is 4.03. The average Bonchev–Trinajstić information content (AvgIpc) is 2.72. The number of carbonyl (C=O) groups is 1. The van der Waals surface area contributed by atoms with E-state index < -0.39 is 0 Å². The fraction of sp³-hybridized carbons (Fsp3) is 0.458. The summed E-state index contributed by atoms with van der Waals surface area (Å²) in [4.78, 5) is 14.6. The number of nitrogens with one attached hydrogen (secondary N) is 1. The lowest BCUT2D eigenvalue weighted by Gasteiger charge is -2.41. The van der Waals surface area contributed by atoms with Crippen molar-refractivity contribution >= 4 is 5.91 Å². The van der Waals surface area contributed by atoms with Crippen molar-refractivity contribution in [1.82, 2.24) is 10.2 Å². The quantitative estimate of drug-likeness (QED) is 0.768. The zero-order chi connectivity index (χ0) is 21.0. The second kappa shape index (κ2) is 9.31. The van der Waals surface area contributed by atoms with Gasteiger partial charge in [-0.2, -0.15) is 0 Å². The molecule has 1 amide bonds. The summed E-state index contributed by atoms with van der Waals surface area (Å²) >= 11 is 0. The minimum Gasteiger partial charge on any atom is -0.493 e. The number of methoxy groups -OCH3 is 2. The number of carbonyl (C=O) groups excluding carboxylic acids is 1. The van der Waals surface area contributed by atoms with E-state index in [4.69, 9.17) is 9.47 Å². The van der Waals surface area contributed by atoms with Crippen molar-refractivity contribution in [3.8, 4) is 11.5 Å². The topological polar surface area (TPSA) is 50.8 Å². The first kappa shape index (κ1) is 21.2. The van der Waals surface area contributed by atoms with Crippen LogP contribution in [-0.2, 0) is 17.8 Å². The van der Waals surface area contributed by atoms with E-state index in [0.717, 1.165) is 31.0 Å². The first-order valence-electron chi connectivity index (χ1n) is 10.3. The lowest BCUT2D eigenvalue weighted by molar-refractivity contribution is -0.121. The number of hydrogen-bond acceptors (Lipinski definition) is 4. The Balaban J connectivity index is 1.99.